The normalized spacial score (nSPS) is 23.2. The van der Waals surface area contributed by atoms with Gasteiger partial charge in [-0.15, -0.1) is 0 Å². The van der Waals surface area contributed by atoms with Crippen LogP contribution in [0.4, 0.5) is 0 Å². The van der Waals surface area contributed by atoms with Crippen molar-refractivity contribution in [3.8, 4) is 0 Å². The van der Waals surface area contributed by atoms with Crippen molar-refractivity contribution in [2.45, 2.75) is 18.1 Å². The van der Waals surface area contributed by atoms with Crippen molar-refractivity contribution in [3.63, 3.8) is 0 Å². The van der Waals surface area contributed by atoms with Crippen LogP contribution in [-0.4, -0.2) is 19.0 Å². The fourth-order valence-corrected chi connectivity index (χ4v) is 3.46. The van der Waals surface area contributed by atoms with Crippen molar-refractivity contribution in [1.82, 2.24) is 0 Å². The number of rotatable bonds is 1. The second-order valence-electron chi connectivity index (χ2n) is 5.50. The average Bonchev–Trinajstić information content (AvgIpc) is 3.02. The standard InChI is InChI=1S/C18H16O3/c19-17-12-16(13-6-2-1-3-7-13)18(20-10-11-21-18)15-9-5-4-8-14(15)17/h1-9,16H,10-12H2/t16-/m1/s1. The van der Waals surface area contributed by atoms with E-state index in [9.17, 15) is 4.79 Å². The van der Waals surface area contributed by atoms with E-state index in [-0.39, 0.29) is 11.7 Å². The lowest BCUT2D eigenvalue weighted by molar-refractivity contribution is -0.186. The van der Waals surface area contributed by atoms with Crippen LogP contribution in [0.5, 0.6) is 0 Å². The Morgan fingerprint density at radius 3 is 2.33 bits per heavy atom. The van der Waals surface area contributed by atoms with E-state index in [1.165, 1.54) is 0 Å². The monoisotopic (exact) mass is 280 g/mol. The van der Waals surface area contributed by atoms with Gasteiger partial charge in [-0.25, -0.2) is 0 Å². The first-order valence-electron chi connectivity index (χ1n) is 7.27. The van der Waals surface area contributed by atoms with E-state index in [0.29, 0.717) is 19.6 Å². The molecule has 2 aromatic rings. The van der Waals surface area contributed by atoms with Gasteiger partial charge < -0.3 is 9.47 Å². The molecule has 1 heterocycles. The number of carbonyl (C=O) groups excluding carboxylic acids is 1. The van der Waals surface area contributed by atoms with Crippen molar-refractivity contribution in [1.29, 1.82) is 0 Å². The van der Waals surface area contributed by atoms with Gasteiger partial charge in [-0.1, -0.05) is 54.6 Å². The summed E-state index contributed by atoms with van der Waals surface area (Å²) in [6.45, 7) is 1.12. The van der Waals surface area contributed by atoms with Crippen molar-refractivity contribution in [2.75, 3.05) is 13.2 Å². The number of hydrogen-bond acceptors (Lipinski definition) is 3. The minimum absolute atomic E-state index is 0.0939. The zero-order chi connectivity index (χ0) is 14.3. The second-order valence-corrected chi connectivity index (χ2v) is 5.50. The minimum Gasteiger partial charge on any atom is -0.343 e. The molecule has 0 amide bonds. The summed E-state index contributed by atoms with van der Waals surface area (Å²) >= 11 is 0. The van der Waals surface area contributed by atoms with E-state index >= 15 is 0 Å². The third-order valence-corrected chi connectivity index (χ3v) is 4.37. The van der Waals surface area contributed by atoms with Crippen LogP contribution in [0.15, 0.2) is 54.6 Å². The van der Waals surface area contributed by atoms with Crippen molar-refractivity contribution < 1.29 is 14.3 Å². The van der Waals surface area contributed by atoms with Gasteiger partial charge in [0.2, 0.25) is 5.79 Å². The predicted molar refractivity (Wildman–Crippen MR) is 78.2 cm³/mol. The molecular weight excluding hydrogens is 264 g/mol. The van der Waals surface area contributed by atoms with E-state index in [1.807, 2.05) is 54.6 Å². The highest BCUT2D eigenvalue weighted by atomic mass is 16.7. The van der Waals surface area contributed by atoms with Gasteiger partial charge in [0.25, 0.3) is 0 Å². The Morgan fingerprint density at radius 1 is 0.905 bits per heavy atom. The maximum absolute atomic E-state index is 12.5. The lowest BCUT2D eigenvalue weighted by Crippen LogP contribution is -2.41. The summed E-state index contributed by atoms with van der Waals surface area (Å²) in [6, 6.07) is 17.7. The van der Waals surface area contributed by atoms with Crippen LogP contribution in [0, 0.1) is 0 Å². The van der Waals surface area contributed by atoms with Gasteiger partial charge in [0.1, 0.15) is 0 Å². The molecule has 0 radical (unpaired) electrons. The lowest BCUT2D eigenvalue weighted by atomic mass is 9.74. The number of Topliss-reactive ketones (excluding diaryl/α,β-unsaturated/α-hetero) is 1. The summed E-state index contributed by atoms with van der Waals surface area (Å²) in [5.41, 5.74) is 2.68. The number of ether oxygens (including phenoxy) is 2. The molecule has 0 bridgehead atoms. The summed E-state index contributed by atoms with van der Waals surface area (Å²) in [5.74, 6) is -0.751. The fraction of sp³-hybridized carbons (Fsp3) is 0.278. The molecule has 3 nitrogen and oxygen atoms in total. The van der Waals surface area contributed by atoms with Crippen LogP contribution in [-0.2, 0) is 15.3 Å². The summed E-state index contributed by atoms with van der Waals surface area (Å²) in [5, 5.41) is 0. The maximum atomic E-state index is 12.5. The molecule has 0 N–H and O–H groups in total. The molecule has 1 aliphatic carbocycles. The SMILES string of the molecule is O=C1C[C@H](c2ccccc2)C2(OCCO2)c2ccccc21. The molecule has 2 aliphatic rings. The molecule has 2 aromatic carbocycles. The van der Waals surface area contributed by atoms with Gasteiger partial charge in [-0.2, -0.15) is 0 Å². The lowest BCUT2D eigenvalue weighted by Gasteiger charge is -2.40. The Bertz CT molecular complexity index is 672. The molecule has 0 saturated carbocycles. The molecule has 1 aliphatic heterocycles. The summed E-state index contributed by atoms with van der Waals surface area (Å²) < 4.78 is 12.1. The maximum Gasteiger partial charge on any atom is 0.203 e. The molecule has 0 aromatic heterocycles. The summed E-state index contributed by atoms with van der Waals surface area (Å²) in [6.07, 6.45) is 0.418. The molecule has 1 saturated heterocycles. The number of fused-ring (bicyclic) bond motifs is 2. The molecule has 3 heteroatoms. The topological polar surface area (TPSA) is 35.5 Å². The predicted octanol–water partition coefficient (Wildman–Crippen LogP) is 3.26. The van der Waals surface area contributed by atoms with Crippen LogP contribution in [0.1, 0.15) is 33.8 Å². The molecule has 106 valence electrons. The number of hydrogen-bond donors (Lipinski definition) is 0. The van der Waals surface area contributed by atoms with Gasteiger partial charge in [0.05, 0.1) is 13.2 Å². The molecule has 21 heavy (non-hydrogen) atoms. The van der Waals surface area contributed by atoms with E-state index < -0.39 is 5.79 Å². The average molecular weight is 280 g/mol. The molecule has 4 rings (SSSR count). The fourth-order valence-electron chi connectivity index (χ4n) is 3.46. The summed E-state index contributed by atoms with van der Waals surface area (Å²) in [4.78, 5) is 12.5. The number of benzene rings is 2. The zero-order valence-corrected chi connectivity index (χ0v) is 11.6. The van der Waals surface area contributed by atoms with E-state index in [2.05, 4.69) is 0 Å². The number of ketones is 1. The molecule has 1 fully saturated rings. The van der Waals surface area contributed by atoms with Gasteiger partial charge in [-0.3, -0.25) is 4.79 Å². The van der Waals surface area contributed by atoms with Crippen LogP contribution >= 0.6 is 0 Å². The Kier molecular flexibility index (Phi) is 2.91. The Balaban J connectivity index is 1.91. The molecular formula is C18H16O3. The third-order valence-electron chi connectivity index (χ3n) is 4.37. The zero-order valence-electron chi connectivity index (χ0n) is 11.6. The van der Waals surface area contributed by atoms with E-state index in [4.69, 9.17) is 9.47 Å². The summed E-state index contributed by atoms with van der Waals surface area (Å²) in [7, 11) is 0. The molecule has 0 unspecified atom stereocenters. The largest absolute Gasteiger partial charge is 0.343 e. The highest BCUT2D eigenvalue weighted by molar-refractivity contribution is 5.99. The highest BCUT2D eigenvalue weighted by Gasteiger charge is 2.52. The minimum atomic E-state index is -0.814. The van der Waals surface area contributed by atoms with Crippen LogP contribution < -0.4 is 0 Å². The Morgan fingerprint density at radius 2 is 1.57 bits per heavy atom. The molecule has 1 spiro atoms. The van der Waals surface area contributed by atoms with Crippen molar-refractivity contribution in [3.05, 3.63) is 71.3 Å². The van der Waals surface area contributed by atoms with Crippen molar-refractivity contribution in [2.24, 2.45) is 0 Å². The second kappa shape index (κ2) is 4.79. The van der Waals surface area contributed by atoms with Crippen LogP contribution in [0.2, 0.25) is 0 Å². The quantitative estimate of drug-likeness (QED) is 0.804. The van der Waals surface area contributed by atoms with Crippen LogP contribution in [0.25, 0.3) is 0 Å². The van der Waals surface area contributed by atoms with Crippen molar-refractivity contribution >= 4 is 5.78 Å². The molecule has 1 atom stereocenters. The Hall–Kier alpha value is -1.97. The first-order valence-corrected chi connectivity index (χ1v) is 7.27. The third kappa shape index (κ3) is 1.85. The van der Waals surface area contributed by atoms with Gasteiger partial charge in [0.15, 0.2) is 5.78 Å². The van der Waals surface area contributed by atoms with Gasteiger partial charge >= 0.3 is 0 Å². The van der Waals surface area contributed by atoms with E-state index in [1.54, 1.807) is 0 Å². The number of carbonyl (C=O) groups is 1. The van der Waals surface area contributed by atoms with E-state index in [0.717, 1.165) is 16.7 Å². The Labute approximate surface area is 123 Å². The van der Waals surface area contributed by atoms with Gasteiger partial charge in [-0.05, 0) is 5.56 Å². The first-order chi connectivity index (χ1) is 10.3. The first kappa shape index (κ1) is 12.7. The van der Waals surface area contributed by atoms with Crippen LogP contribution in [0.3, 0.4) is 0 Å². The smallest absolute Gasteiger partial charge is 0.203 e. The van der Waals surface area contributed by atoms with Gasteiger partial charge in [0, 0.05) is 23.5 Å². The highest BCUT2D eigenvalue weighted by Crippen LogP contribution is 2.50.